The first-order valence-electron chi connectivity index (χ1n) is 10.8. The molecule has 1 saturated heterocycles. The van der Waals surface area contributed by atoms with Crippen molar-refractivity contribution in [3.8, 4) is 17.2 Å². The number of nitrogens with one attached hydrogen (secondary N) is 2. The van der Waals surface area contributed by atoms with Gasteiger partial charge < -0.3 is 21.3 Å². The minimum Gasteiger partial charge on any atom is -0.355 e. The zero-order valence-electron chi connectivity index (χ0n) is 19.0. The van der Waals surface area contributed by atoms with Gasteiger partial charge >= 0.3 is 0 Å². The molecule has 3 aromatic rings. The predicted octanol–water partition coefficient (Wildman–Crippen LogP) is 1.09. The van der Waals surface area contributed by atoms with Crippen LogP contribution >= 0.6 is 0 Å². The molecule has 4 N–H and O–H groups in total. The molecule has 2 aromatic heterocycles. The van der Waals surface area contributed by atoms with Crippen LogP contribution in [0.25, 0.3) is 16.8 Å². The zero-order valence-corrected chi connectivity index (χ0v) is 19.0. The highest BCUT2D eigenvalue weighted by atomic mass is 16.1. The summed E-state index contributed by atoms with van der Waals surface area (Å²) in [6.07, 6.45) is 0.971. The van der Waals surface area contributed by atoms with Gasteiger partial charge in [0.25, 0.3) is 5.78 Å². The van der Waals surface area contributed by atoms with Gasteiger partial charge in [-0.3, -0.25) is 9.79 Å². The van der Waals surface area contributed by atoms with E-state index in [2.05, 4.69) is 36.7 Å². The van der Waals surface area contributed by atoms with Crippen LogP contribution in [0.5, 0.6) is 0 Å². The van der Waals surface area contributed by atoms with E-state index in [4.69, 9.17) is 5.73 Å². The second kappa shape index (κ2) is 9.36. The number of carbonyl (C=O) groups excluding carboxylic acids is 1. The number of amidine groups is 1. The van der Waals surface area contributed by atoms with Crippen molar-refractivity contribution in [3.05, 3.63) is 47.3 Å². The van der Waals surface area contributed by atoms with Crippen LogP contribution in [-0.4, -0.2) is 66.1 Å². The molecule has 1 aliphatic heterocycles. The topological polar surface area (TPSA) is 137 Å². The second-order valence-electron chi connectivity index (χ2n) is 7.85. The van der Waals surface area contributed by atoms with Gasteiger partial charge in [0.2, 0.25) is 5.82 Å². The Balaban J connectivity index is 2.01. The molecule has 0 radical (unpaired) electrons. The lowest BCUT2D eigenvalue weighted by Gasteiger charge is -2.25. The summed E-state index contributed by atoms with van der Waals surface area (Å²) in [5.41, 5.74) is 8.95. The number of pyridine rings is 1. The van der Waals surface area contributed by atoms with E-state index in [9.17, 15) is 10.1 Å². The average molecular weight is 446 g/mol. The van der Waals surface area contributed by atoms with E-state index in [0.29, 0.717) is 17.3 Å². The van der Waals surface area contributed by atoms with E-state index < -0.39 is 5.78 Å². The summed E-state index contributed by atoms with van der Waals surface area (Å²) in [4.78, 5) is 23.7. The predicted molar refractivity (Wildman–Crippen MR) is 127 cm³/mol. The molecule has 1 aliphatic rings. The molecule has 3 heterocycles. The van der Waals surface area contributed by atoms with E-state index in [1.165, 1.54) is 7.05 Å². The fourth-order valence-corrected chi connectivity index (χ4v) is 4.31. The van der Waals surface area contributed by atoms with Crippen molar-refractivity contribution in [2.75, 3.05) is 38.8 Å². The van der Waals surface area contributed by atoms with Crippen LogP contribution in [0.4, 0.5) is 5.82 Å². The third-order valence-electron chi connectivity index (χ3n) is 5.99. The van der Waals surface area contributed by atoms with E-state index in [0.717, 1.165) is 42.0 Å². The number of nitrogens with two attached hydrogens (primary N) is 1. The molecule has 170 valence electrons. The summed E-state index contributed by atoms with van der Waals surface area (Å²) in [5.74, 6) is 0.377. The number of nitrogens with zero attached hydrogens (tertiary/aromatic N) is 6. The third kappa shape index (κ3) is 3.92. The summed E-state index contributed by atoms with van der Waals surface area (Å²) in [5, 5.41) is 20.7. The molecular formula is C23H27N9O. The number of fused-ring (bicyclic) bond motifs is 1. The van der Waals surface area contributed by atoms with Gasteiger partial charge in [0.15, 0.2) is 11.5 Å². The van der Waals surface area contributed by atoms with Crippen molar-refractivity contribution in [2.24, 2.45) is 10.7 Å². The number of aromatic nitrogens is 3. The van der Waals surface area contributed by atoms with Crippen molar-refractivity contribution >= 4 is 23.1 Å². The first-order chi connectivity index (χ1) is 16.0. The number of hydrogen-bond acceptors (Lipinski definition) is 8. The lowest BCUT2D eigenvalue weighted by atomic mass is 9.97. The maximum Gasteiger partial charge on any atom is 0.266 e. The lowest BCUT2D eigenvalue weighted by molar-refractivity contribution is 0.105. The van der Waals surface area contributed by atoms with Crippen LogP contribution in [0.1, 0.15) is 28.2 Å². The Morgan fingerprint density at radius 3 is 2.73 bits per heavy atom. The van der Waals surface area contributed by atoms with Crippen molar-refractivity contribution in [1.29, 1.82) is 5.26 Å². The molecule has 0 saturated carbocycles. The molecule has 4 rings (SSSR count). The highest BCUT2D eigenvalue weighted by Crippen LogP contribution is 2.38. The Kier molecular flexibility index (Phi) is 6.35. The van der Waals surface area contributed by atoms with Gasteiger partial charge in [-0.1, -0.05) is 30.3 Å². The molecular weight excluding hydrogens is 418 g/mol. The largest absolute Gasteiger partial charge is 0.355 e. The number of hydrogen-bond donors (Lipinski definition) is 3. The van der Waals surface area contributed by atoms with E-state index >= 15 is 0 Å². The number of ketones is 1. The van der Waals surface area contributed by atoms with Gasteiger partial charge in [-0.15, -0.1) is 5.10 Å². The van der Waals surface area contributed by atoms with E-state index in [1.54, 1.807) is 4.52 Å². The number of anilines is 1. The molecule has 0 amide bonds. The van der Waals surface area contributed by atoms with Gasteiger partial charge in [0.1, 0.15) is 17.5 Å². The van der Waals surface area contributed by atoms with Crippen LogP contribution in [0.15, 0.2) is 35.3 Å². The monoisotopic (exact) mass is 445 g/mol. The molecule has 0 bridgehead atoms. The van der Waals surface area contributed by atoms with Crippen LogP contribution < -0.4 is 21.3 Å². The lowest BCUT2D eigenvalue weighted by Crippen LogP contribution is -2.36. The minimum absolute atomic E-state index is 0.0386. The maximum atomic E-state index is 13.0. The van der Waals surface area contributed by atoms with Crippen molar-refractivity contribution in [3.63, 3.8) is 0 Å². The quantitative estimate of drug-likeness (QED) is 0.222. The van der Waals surface area contributed by atoms with Crippen LogP contribution in [0.2, 0.25) is 0 Å². The summed E-state index contributed by atoms with van der Waals surface area (Å²) in [6, 6.07) is 12.5. The first-order valence-corrected chi connectivity index (χ1v) is 10.8. The zero-order chi connectivity index (χ0) is 23.5. The fourth-order valence-electron chi connectivity index (χ4n) is 4.31. The van der Waals surface area contributed by atoms with Crippen molar-refractivity contribution in [2.45, 2.75) is 19.4 Å². The summed E-state index contributed by atoms with van der Waals surface area (Å²) in [6.45, 7) is 3.56. The molecule has 33 heavy (non-hydrogen) atoms. The summed E-state index contributed by atoms with van der Waals surface area (Å²) >= 11 is 0. The van der Waals surface area contributed by atoms with Gasteiger partial charge in [-0.05, 0) is 31.5 Å². The highest BCUT2D eigenvalue weighted by Gasteiger charge is 2.31. The second-order valence-corrected chi connectivity index (χ2v) is 7.85. The SMILES string of the molecule is CN=C(NCN)C(=O)c1nc2c(C#N)c(C)c(-c3ccccc3)c(N3CCC(NC)C3)n2n1. The molecule has 1 atom stereocenters. The number of rotatable bonds is 6. The highest BCUT2D eigenvalue weighted by molar-refractivity contribution is 6.44. The maximum absolute atomic E-state index is 13.0. The van der Waals surface area contributed by atoms with Crippen molar-refractivity contribution < 1.29 is 4.79 Å². The Morgan fingerprint density at radius 2 is 2.12 bits per heavy atom. The normalized spacial score (nSPS) is 16.3. The van der Waals surface area contributed by atoms with Gasteiger partial charge in [-0.25, -0.2) is 4.98 Å². The molecule has 1 fully saturated rings. The molecule has 1 aromatic carbocycles. The number of Topliss-reactive ketones (excluding diaryl/α,β-unsaturated/α-hetero) is 1. The number of nitriles is 1. The number of benzene rings is 1. The molecule has 1 unspecified atom stereocenters. The minimum atomic E-state index is -0.477. The average Bonchev–Trinajstić information content (AvgIpc) is 3.49. The standard InChI is InChI=1S/C23H27N9O/c1-14-17(11-24)22-29-21(19(33)20(27-3)28-13-25)30-32(22)23(31-10-9-16(12-31)26-2)18(14)15-7-5-4-6-8-15/h4-8,16,26H,9-10,12-13,25H2,1-3H3,(H,27,28). The smallest absolute Gasteiger partial charge is 0.266 e. The van der Waals surface area contributed by atoms with Gasteiger partial charge in [-0.2, -0.15) is 9.78 Å². The van der Waals surface area contributed by atoms with Crippen LogP contribution in [-0.2, 0) is 0 Å². The number of aliphatic imine (C=N–C) groups is 1. The molecule has 0 spiro atoms. The number of carbonyl (C=O) groups is 1. The summed E-state index contributed by atoms with van der Waals surface area (Å²) < 4.78 is 1.63. The Hall–Kier alpha value is -3.81. The first kappa shape index (κ1) is 22.4. The summed E-state index contributed by atoms with van der Waals surface area (Å²) in [7, 11) is 3.45. The number of likely N-dealkylation sites (N-methyl/N-ethyl adjacent to an activating group) is 1. The van der Waals surface area contributed by atoms with Crippen molar-refractivity contribution in [1.82, 2.24) is 25.2 Å². The van der Waals surface area contributed by atoms with Crippen LogP contribution in [0, 0.1) is 18.3 Å². The molecule has 10 nitrogen and oxygen atoms in total. The van der Waals surface area contributed by atoms with E-state index in [1.807, 2.05) is 44.3 Å². The fraction of sp³-hybridized carbons (Fsp3) is 0.348. The molecule has 0 aliphatic carbocycles. The van der Waals surface area contributed by atoms with Gasteiger partial charge in [0.05, 0.1) is 6.67 Å². The Morgan fingerprint density at radius 1 is 1.36 bits per heavy atom. The van der Waals surface area contributed by atoms with E-state index in [-0.39, 0.29) is 18.3 Å². The van der Waals surface area contributed by atoms with Crippen LogP contribution in [0.3, 0.4) is 0 Å². The Labute approximate surface area is 192 Å². The Bertz CT molecular complexity index is 1260. The third-order valence-corrected chi connectivity index (χ3v) is 5.99. The molecule has 10 heteroatoms. The van der Waals surface area contributed by atoms with Gasteiger partial charge in [0, 0.05) is 31.7 Å².